The molecule has 0 aliphatic heterocycles. The zero-order valence-corrected chi connectivity index (χ0v) is 13.7. The summed E-state index contributed by atoms with van der Waals surface area (Å²) in [5, 5.41) is 0. The standard InChI is InChI=1S/C17H18NO.ClHO4/c19-17(13-18-10-4-1-5-11-18)16-9-8-14-6-2-3-7-15(14)12-16;2-1(3,4)5/h1-7,10-11,16H,8-9,12-13H2;(H,2,3,4,5)/q+1;/p-1. The summed E-state index contributed by atoms with van der Waals surface area (Å²) < 4.78 is 35.9. The van der Waals surface area contributed by atoms with Gasteiger partial charge in [0.05, 0.1) is 0 Å². The molecule has 24 heavy (non-hydrogen) atoms. The maximum Gasteiger partial charge on any atom is 0.206 e. The molecular formula is C17H18ClNO5. The minimum atomic E-state index is -4.94. The number of Topliss-reactive ketones (excluding diaryl/α,β-unsaturated/α-hetero) is 1. The highest BCUT2D eigenvalue weighted by Gasteiger charge is 2.26. The molecule has 0 fully saturated rings. The van der Waals surface area contributed by atoms with Crippen LogP contribution in [0.25, 0.3) is 0 Å². The lowest BCUT2D eigenvalue weighted by Gasteiger charge is -2.22. The van der Waals surface area contributed by atoms with Crippen molar-refractivity contribution >= 4 is 5.78 Å². The van der Waals surface area contributed by atoms with Crippen LogP contribution in [0, 0.1) is 16.2 Å². The van der Waals surface area contributed by atoms with E-state index in [2.05, 4.69) is 24.3 Å². The number of aromatic nitrogens is 1. The largest absolute Gasteiger partial charge is 0.292 e. The van der Waals surface area contributed by atoms with Crippen LogP contribution in [0.15, 0.2) is 54.9 Å². The first kappa shape index (κ1) is 18.5. The molecule has 0 saturated heterocycles. The molecule has 1 heterocycles. The van der Waals surface area contributed by atoms with E-state index in [9.17, 15) is 4.79 Å². The summed E-state index contributed by atoms with van der Waals surface area (Å²) >= 11 is 0. The van der Waals surface area contributed by atoms with Crippen LogP contribution in [0.5, 0.6) is 0 Å². The second-order valence-corrected chi connectivity index (χ2v) is 6.36. The van der Waals surface area contributed by atoms with Crippen LogP contribution in [0.1, 0.15) is 17.5 Å². The van der Waals surface area contributed by atoms with Gasteiger partial charge in [0.15, 0.2) is 12.4 Å². The lowest BCUT2D eigenvalue weighted by atomic mass is 9.82. The molecule has 7 heteroatoms. The highest BCUT2D eigenvalue weighted by Crippen LogP contribution is 2.25. The van der Waals surface area contributed by atoms with E-state index in [1.165, 1.54) is 11.1 Å². The van der Waals surface area contributed by atoms with Crippen molar-refractivity contribution in [3.8, 4) is 0 Å². The second kappa shape index (κ2) is 8.32. The first-order valence-electron chi connectivity index (χ1n) is 7.48. The number of pyridine rings is 1. The normalized spacial score (nSPS) is 16.6. The Hall–Kier alpha value is -1.83. The lowest BCUT2D eigenvalue weighted by Crippen LogP contribution is -2.68. The molecule has 0 saturated carbocycles. The van der Waals surface area contributed by atoms with Gasteiger partial charge in [-0.1, -0.05) is 30.3 Å². The lowest BCUT2D eigenvalue weighted by molar-refractivity contribution is -2.00. The molecule has 2 aromatic rings. The molecule has 3 rings (SSSR count). The summed E-state index contributed by atoms with van der Waals surface area (Å²) in [6.45, 7) is 0.494. The molecule has 1 atom stereocenters. The quantitative estimate of drug-likeness (QED) is 0.572. The average molecular weight is 352 g/mol. The van der Waals surface area contributed by atoms with E-state index < -0.39 is 10.2 Å². The van der Waals surface area contributed by atoms with Crippen LogP contribution in [-0.4, -0.2) is 5.78 Å². The first-order chi connectivity index (χ1) is 11.3. The predicted octanol–water partition coefficient (Wildman–Crippen LogP) is -2.41. The van der Waals surface area contributed by atoms with Gasteiger partial charge in [0.2, 0.25) is 12.3 Å². The van der Waals surface area contributed by atoms with Crippen molar-refractivity contribution in [2.75, 3.05) is 0 Å². The Morgan fingerprint density at radius 1 is 1.00 bits per heavy atom. The number of ketones is 1. The summed E-state index contributed by atoms with van der Waals surface area (Å²) in [7, 11) is -4.94. The molecule has 0 radical (unpaired) electrons. The maximum absolute atomic E-state index is 12.4. The third-order valence-electron chi connectivity index (χ3n) is 3.92. The van der Waals surface area contributed by atoms with E-state index >= 15 is 0 Å². The number of carbonyl (C=O) groups excluding carboxylic acids is 1. The van der Waals surface area contributed by atoms with Crippen LogP contribution < -0.4 is 23.2 Å². The molecule has 1 aromatic carbocycles. The van der Waals surface area contributed by atoms with E-state index in [4.69, 9.17) is 18.6 Å². The van der Waals surface area contributed by atoms with Crippen LogP contribution in [0.4, 0.5) is 0 Å². The number of halogens is 1. The Bertz CT molecular complexity index is 666. The summed E-state index contributed by atoms with van der Waals surface area (Å²) in [5.74, 6) is 0.535. The van der Waals surface area contributed by atoms with Crippen molar-refractivity contribution in [3.05, 3.63) is 66.0 Å². The summed E-state index contributed by atoms with van der Waals surface area (Å²) in [6.07, 6.45) is 6.83. The van der Waals surface area contributed by atoms with Gasteiger partial charge in [-0.3, -0.25) is 4.79 Å². The molecule has 6 nitrogen and oxygen atoms in total. The number of fused-ring (bicyclic) bond motifs is 1. The van der Waals surface area contributed by atoms with Crippen molar-refractivity contribution in [3.63, 3.8) is 0 Å². The topological polar surface area (TPSA) is 113 Å². The van der Waals surface area contributed by atoms with Gasteiger partial charge in [0, 0.05) is 18.1 Å². The number of hydrogen-bond donors (Lipinski definition) is 0. The smallest absolute Gasteiger partial charge is 0.206 e. The van der Waals surface area contributed by atoms with Gasteiger partial charge >= 0.3 is 0 Å². The van der Waals surface area contributed by atoms with Crippen LogP contribution in [-0.2, 0) is 24.2 Å². The average Bonchev–Trinajstić information content (AvgIpc) is 2.54. The monoisotopic (exact) mass is 351 g/mol. The molecule has 1 aliphatic carbocycles. The zero-order chi connectivity index (χ0) is 17.6. The number of rotatable bonds is 3. The van der Waals surface area contributed by atoms with E-state index in [0.717, 1.165) is 19.3 Å². The fourth-order valence-electron chi connectivity index (χ4n) is 2.82. The molecule has 0 bridgehead atoms. The van der Waals surface area contributed by atoms with Gasteiger partial charge < -0.3 is 0 Å². The van der Waals surface area contributed by atoms with Crippen molar-refractivity contribution in [2.45, 2.75) is 25.8 Å². The van der Waals surface area contributed by atoms with Crippen LogP contribution in [0.2, 0.25) is 0 Å². The fraction of sp³-hybridized carbons (Fsp3) is 0.294. The van der Waals surface area contributed by atoms with Gasteiger partial charge in [-0.15, -0.1) is 10.2 Å². The van der Waals surface area contributed by atoms with Crippen molar-refractivity contribution in [1.82, 2.24) is 0 Å². The van der Waals surface area contributed by atoms with Crippen molar-refractivity contribution < 1.29 is 38.2 Å². The van der Waals surface area contributed by atoms with Crippen LogP contribution in [0.3, 0.4) is 0 Å². The fourth-order valence-corrected chi connectivity index (χ4v) is 2.82. The molecule has 0 spiro atoms. The third kappa shape index (κ3) is 6.35. The molecule has 128 valence electrons. The molecule has 0 N–H and O–H groups in total. The molecule has 1 aromatic heterocycles. The molecule has 1 unspecified atom stereocenters. The summed E-state index contributed by atoms with van der Waals surface area (Å²) in [4.78, 5) is 12.4. The molecular weight excluding hydrogens is 334 g/mol. The van der Waals surface area contributed by atoms with E-state index in [0.29, 0.717) is 12.3 Å². The predicted molar refractivity (Wildman–Crippen MR) is 73.6 cm³/mol. The number of hydrogen-bond acceptors (Lipinski definition) is 5. The van der Waals surface area contributed by atoms with E-state index in [-0.39, 0.29) is 5.92 Å². The Labute approximate surface area is 142 Å². The van der Waals surface area contributed by atoms with E-state index in [1.54, 1.807) is 0 Å². The highest BCUT2D eigenvalue weighted by atomic mass is 35.7. The van der Waals surface area contributed by atoms with E-state index in [1.807, 2.05) is 35.2 Å². The van der Waals surface area contributed by atoms with Gasteiger partial charge in [-0.25, -0.2) is 18.6 Å². The van der Waals surface area contributed by atoms with Gasteiger partial charge in [0.25, 0.3) is 0 Å². The number of nitrogens with zero attached hydrogens (tertiary/aromatic N) is 1. The van der Waals surface area contributed by atoms with Crippen molar-refractivity contribution in [2.24, 2.45) is 5.92 Å². The minimum Gasteiger partial charge on any atom is -0.292 e. The van der Waals surface area contributed by atoms with Crippen molar-refractivity contribution in [1.29, 1.82) is 0 Å². The second-order valence-electron chi connectivity index (χ2n) is 5.60. The molecule has 1 aliphatic rings. The first-order valence-corrected chi connectivity index (χ1v) is 8.71. The SMILES string of the molecule is O=C(C[n+]1ccccc1)C1CCc2ccccc2C1.[O-][Cl+3]([O-])([O-])[O-]. The Morgan fingerprint density at radius 3 is 2.21 bits per heavy atom. The molecule has 0 amide bonds. The summed E-state index contributed by atoms with van der Waals surface area (Å²) in [6, 6.07) is 14.4. The maximum atomic E-state index is 12.4. The Morgan fingerprint density at radius 2 is 1.58 bits per heavy atom. The number of carbonyl (C=O) groups is 1. The number of benzene rings is 1. The third-order valence-corrected chi connectivity index (χ3v) is 3.92. The number of aryl methyl sites for hydroxylation is 1. The van der Waals surface area contributed by atoms with Gasteiger partial charge in [-0.05, 0) is 30.4 Å². The van der Waals surface area contributed by atoms with Crippen LogP contribution >= 0.6 is 0 Å². The van der Waals surface area contributed by atoms with Gasteiger partial charge in [0.1, 0.15) is 0 Å². The highest BCUT2D eigenvalue weighted by molar-refractivity contribution is 5.80. The Balaban J connectivity index is 0.000000368. The van der Waals surface area contributed by atoms with Gasteiger partial charge in [-0.2, -0.15) is 4.57 Å². The zero-order valence-electron chi connectivity index (χ0n) is 13.0. The minimum absolute atomic E-state index is 0.183. The Kier molecular flexibility index (Phi) is 6.42. The summed E-state index contributed by atoms with van der Waals surface area (Å²) in [5.41, 5.74) is 2.77.